The van der Waals surface area contributed by atoms with Gasteiger partial charge in [-0.15, -0.1) is 0 Å². The Morgan fingerprint density at radius 3 is 2.74 bits per heavy atom. The van der Waals surface area contributed by atoms with Crippen LogP contribution >= 0.6 is 15.9 Å². The molecule has 1 aliphatic heterocycles. The minimum Gasteiger partial charge on any atom is -0.356 e. The van der Waals surface area contributed by atoms with E-state index in [0.717, 1.165) is 22.3 Å². The molecule has 1 atom stereocenters. The third-order valence-corrected chi connectivity index (χ3v) is 4.32. The third-order valence-electron chi connectivity index (χ3n) is 3.64. The van der Waals surface area contributed by atoms with E-state index < -0.39 is 5.54 Å². The first kappa shape index (κ1) is 14.3. The summed E-state index contributed by atoms with van der Waals surface area (Å²) < 4.78 is 0.988. The summed E-state index contributed by atoms with van der Waals surface area (Å²) >= 11 is 3.56. The standard InChI is InChI=1S/C14H20BrN3O/c1-9(16)11-5-4-10(8-12(11)15)18-7-6-17-13(19)14(18,2)3/h4-5,8-9H,6-7,16H2,1-3H3,(H,17,19)/t9-/m1/s1. The molecule has 1 heterocycles. The molecular formula is C14H20BrN3O. The van der Waals surface area contributed by atoms with Gasteiger partial charge in [0.1, 0.15) is 5.54 Å². The molecule has 0 saturated carbocycles. The first-order chi connectivity index (χ1) is 8.84. The maximum Gasteiger partial charge on any atom is 0.245 e. The fraction of sp³-hybridized carbons (Fsp3) is 0.500. The van der Waals surface area contributed by atoms with Crippen molar-refractivity contribution >= 4 is 27.5 Å². The fourth-order valence-corrected chi connectivity index (χ4v) is 3.13. The zero-order valence-corrected chi connectivity index (χ0v) is 13.1. The number of benzene rings is 1. The molecule has 1 aromatic rings. The van der Waals surface area contributed by atoms with E-state index in [9.17, 15) is 4.79 Å². The number of nitrogens with one attached hydrogen (secondary N) is 1. The third kappa shape index (κ3) is 2.62. The van der Waals surface area contributed by atoms with Crippen molar-refractivity contribution in [1.82, 2.24) is 5.32 Å². The second kappa shape index (κ2) is 5.13. The number of hydrogen-bond acceptors (Lipinski definition) is 3. The Balaban J connectivity index is 2.36. The Bertz CT molecular complexity index is 499. The summed E-state index contributed by atoms with van der Waals surface area (Å²) in [7, 11) is 0. The van der Waals surface area contributed by atoms with Gasteiger partial charge in [0.05, 0.1) is 0 Å². The predicted octanol–water partition coefficient (Wildman–Crippen LogP) is 2.18. The van der Waals surface area contributed by atoms with Crippen molar-refractivity contribution in [2.75, 3.05) is 18.0 Å². The molecule has 0 bridgehead atoms. The normalized spacial score (nSPS) is 20.1. The Kier molecular flexibility index (Phi) is 3.87. The van der Waals surface area contributed by atoms with Crippen LogP contribution < -0.4 is 16.0 Å². The summed E-state index contributed by atoms with van der Waals surface area (Å²) in [5.74, 6) is 0.0612. The lowest BCUT2D eigenvalue weighted by Crippen LogP contribution is -2.62. The number of amides is 1. The topological polar surface area (TPSA) is 58.4 Å². The van der Waals surface area contributed by atoms with E-state index >= 15 is 0 Å². The lowest BCUT2D eigenvalue weighted by atomic mass is 9.97. The molecule has 1 aliphatic rings. The lowest BCUT2D eigenvalue weighted by molar-refractivity contribution is -0.126. The van der Waals surface area contributed by atoms with Gasteiger partial charge in [-0.2, -0.15) is 0 Å². The zero-order valence-electron chi connectivity index (χ0n) is 11.5. The van der Waals surface area contributed by atoms with Gasteiger partial charge in [-0.3, -0.25) is 4.79 Å². The van der Waals surface area contributed by atoms with E-state index in [4.69, 9.17) is 5.73 Å². The number of anilines is 1. The van der Waals surface area contributed by atoms with Crippen molar-refractivity contribution < 1.29 is 4.79 Å². The Morgan fingerprint density at radius 1 is 1.47 bits per heavy atom. The molecule has 1 fully saturated rings. The maximum absolute atomic E-state index is 12.0. The number of nitrogens with zero attached hydrogens (tertiary/aromatic N) is 1. The average Bonchev–Trinajstić information content (AvgIpc) is 2.32. The van der Waals surface area contributed by atoms with Crippen LogP contribution in [0.3, 0.4) is 0 Å². The quantitative estimate of drug-likeness (QED) is 0.876. The highest BCUT2D eigenvalue weighted by Crippen LogP contribution is 2.31. The maximum atomic E-state index is 12.0. The molecule has 1 aromatic carbocycles. The Hall–Kier alpha value is -1.07. The van der Waals surface area contributed by atoms with E-state index in [1.54, 1.807) is 0 Å². The van der Waals surface area contributed by atoms with Crippen molar-refractivity contribution in [2.45, 2.75) is 32.4 Å². The number of piperazine rings is 1. The molecule has 104 valence electrons. The fourth-order valence-electron chi connectivity index (χ4n) is 2.40. The molecular weight excluding hydrogens is 306 g/mol. The van der Waals surface area contributed by atoms with Gasteiger partial charge in [0, 0.05) is 29.3 Å². The van der Waals surface area contributed by atoms with Crippen LogP contribution in [0.15, 0.2) is 22.7 Å². The van der Waals surface area contributed by atoms with Gasteiger partial charge in [0.2, 0.25) is 5.91 Å². The van der Waals surface area contributed by atoms with Crippen molar-refractivity contribution in [2.24, 2.45) is 5.73 Å². The predicted molar refractivity (Wildman–Crippen MR) is 81.2 cm³/mol. The van der Waals surface area contributed by atoms with Crippen LogP contribution in [-0.2, 0) is 4.79 Å². The van der Waals surface area contributed by atoms with E-state index in [0.29, 0.717) is 6.54 Å². The molecule has 2 rings (SSSR count). The van der Waals surface area contributed by atoms with Gasteiger partial charge in [0.15, 0.2) is 0 Å². The molecule has 0 unspecified atom stereocenters. The highest BCUT2D eigenvalue weighted by Gasteiger charge is 2.37. The molecule has 0 radical (unpaired) electrons. The zero-order chi connectivity index (χ0) is 14.2. The van der Waals surface area contributed by atoms with Crippen molar-refractivity contribution in [3.8, 4) is 0 Å². The number of nitrogens with two attached hydrogens (primary N) is 1. The average molecular weight is 326 g/mol. The van der Waals surface area contributed by atoms with Crippen LogP contribution in [-0.4, -0.2) is 24.5 Å². The first-order valence-electron chi connectivity index (χ1n) is 6.45. The highest BCUT2D eigenvalue weighted by molar-refractivity contribution is 9.10. The van der Waals surface area contributed by atoms with Crippen LogP contribution in [0.2, 0.25) is 0 Å². The van der Waals surface area contributed by atoms with E-state index in [1.165, 1.54) is 0 Å². The molecule has 0 aliphatic carbocycles. The summed E-state index contributed by atoms with van der Waals surface area (Å²) in [5.41, 5.74) is 7.49. The summed E-state index contributed by atoms with van der Waals surface area (Å²) in [6, 6.07) is 6.08. The largest absolute Gasteiger partial charge is 0.356 e. The van der Waals surface area contributed by atoms with Crippen LogP contribution in [0.4, 0.5) is 5.69 Å². The van der Waals surface area contributed by atoms with E-state index in [1.807, 2.05) is 39.0 Å². The molecule has 4 nitrogen and oxygen atoms in total. The van der Waals surface area contributed by atoms with E-state index in [-0.39, 0.29) is 11.9 Å². The van der Waals surface area contributed by atoms with Crippen LogP contribution in [0.5, 0.6) is 0 Å². The van der Waals surface area contributed by atoms with Crippen LogP contribution in [0.25, 0.3) is 0 Å². The molecule has 0 aromatic heterocycles. The monoisotopic (exact) mass is 325 g/mol. The lowest BCUT2D eigenvalue weighted by Gasteiger charge is -2.43. The number of rotatable bonds is 2. The second-order valence-corrected chi connectivity index (χ2v) is 6.32. The number of hydrogen-bond donors (Lipinski definition) is 2. The molecule has 19 heavy (non-hydrogen) atoms. The molecule has 5 heteroatoms. The van der Waals surface area contributed by atoms with Gasteiger partial charge in [-0.1, -0.05) is 22.0 Å². The summed E-state index contributed by atoms with van der Waals surface area (Å²) in [4.78, 5) is 14.1. The SMILES string of the molecule is C[C@@H](N)c1ccc(N2CCNC(=O)C2(C)C)cc1Br. The number of halogens is 1. The Labute approximate surface area is 122 Å². The first-order valence-corrected chi connectivity index (χ1v) is 7.24. The highest BCUT2D eigenvalue weighted by atomic mass is 79.9. The molecule has 1 saturated heterocycles. The van der Waals surface area contributed by atoms with Crippen molar-refractivity contribution in [3.63, 3.8) is 0 Å². The molecule has 3 N–H and O–H groups in total. The summed E-state index contributed by atoms with van der Waals surface area (Å²) in [6.45, 7) is 7.32. The summed E-state index contributed by atoms with van der Waals surface area (Å²) in [5, 5.41) is 2.90. The smallest absolute Gasteiger partial charge is 0.245 e. The number of carbonyl (C=O) groups is 1. The summed E-state index contributed by atoms with van der Waals surface area (Å²) in [6.07, 6.45) is 0. The van der Waals surface area contributed by atoms with Gasteiger partial charge < -0.3 is 16.0 Å². The molecule has 0 spiro atoms. The molecule has 1 amide bonds. The number of carbonyl (C=O) groups excluding carboxylic acids is 1. The Morgan fingerprint density at radius 2 is 2.16 bits per heavy atom. The van der Waals surface area contributed by atoms with Crippen molar-refractivity contribution in [1.29, 1.82) is 0 Å². The van der Waals surface area contributed by atoms with Gasteiger partial charge in [-0.05, 0) is 38.5 Å². The van der Waals surface area contributed by atoms with E-state index in [2.05, 4.69) is 26.1 Å². The van der Waals surface area contributed by atoms with Gasteiger partial charge in [0.25, 0.3) is 0 Å². The van der Waals surface area contributed by atoms with Gasteiger partial charge >= 0.3 is 0 Å². The minimum absolute atomic E-state index is 0.0129. The van der Waals surface area contributed by atoms with Crippen LogP contribution in [0.1, 0.15) is 32.4 Å². The second-order valence-electron chi connectivity index (χ2n) is 5.46. The van der Waals surface area contributed by atoms with Crippen molar-refractivity contribution in [3.05, 3.63) is 28.2 Å². The van der Waals surface area contributed by atoms with Crippen LogP contribution in [0, 0.1) is 0 Å². The minimum atomic E-state index is -0.534. The van der Waals surface area contributed by atoms with Gasteiger partial charge in [-0.25, -0.2) is 0 Å².